The van der Waals surface area contributed by atoms with Crippen molar-refractivity contribution < 1.29 is 9.59 Å². The van der Waals surface area contributed by atoms with Gasteiger partial charge in [0.25, 0.3) is 11.8 Å². The smallest absolute Gasteiger partial charge is 0.282 e. The lowest BCUT2D eigenvalue weighted by molar-refractivity contribution is -0.120. The minimum atomic E-state index is -0.269. The van der Waals surface area contributed by atoms with Crippen LogP contribution in [0.4, 0.5) is 11.5 Å². The Morgan fingerprint density at radius 1 is 0.750 bits per heavy atom. The minimum Gasteiger partial charge on any atom is -0.363 e. The molecule has 2 aromatic carbocycles. The molecule has 2 amide bonds. The molecular weight excluding hydrogens is 400 g/mol. The van der Waals surface area contributed by atoms with E-state index in [1.807, 2.05) is 79.7 Å². The lowest BCUT2D eigenvalue weighted by atomic mass is 10.0. The van der Waals surface area contributed by atoms with Crippen LogP contribution in [0.3, 0.4) is 0 Å². The summed E-state index contributed by atoms with van der Waals surface area (Å²) in [4.78, 5) is 37.2. The maximum atomic E-state index is 13.6. The summed E-state index contributed by atoms with van der Waals surface area (Å²) in [5.41, 5.74) is 3.34. The third-order valence-electron chi connectivity index (χ3n) is 5.95. The van der Waals surface area contributed by atoms with Crippen LogP contribution in [-0.2, 0) is 9.59 Å². The quantitative estimate of drug-likeness (QED) is 0.600. The summed E-state index contributed by atoms with van der Waals surface area (Å²) in [5, 5.41) is 0. The fourth-order valence-electron chi connectivity index (χ4n) is 4.38. The molecule has 0 N–H and O–H groups in total. The predicted octanol–water partition coefficient (Wildman–Crippen LogP) is 3.50. The number of piperazine rings is 1. The molecular formula is C26H24N4O2. The molecule has 1 aromatic heterocycles. The van der Waals surface area contributed by atoms with E-state index in [2.05, 4.69) is 14.8 Å². The van der Waals surface area contributed by atoms with Crippen molar-refractivity contribution in [1.29, 1.82) is 0 Å². The number of nitrogens with zero attached hydrogens (tertiary/aromatic N) is 4. The highest BCUT2D eigenvalue weighted by Gasteiger charge is 2.43. The number of hydrogen-bond acceptors (Lipinski definition) is 5. The monoisotopic (exact) mass is 424 g/mol. The van der Waals surface area contributed by atoms with Gasteiger partial charge in [-0.05, 0) is 42.3 Å². The molecule has 1 saturated heterocycles. The van der Waals surface area contributed by atoms with Crippen molar-refractivity contribution in [1.82, 2.24) is 9.88 Å². The van der Waals surface area contributed by atoms with E-state index in [0.717, 1.165) is 30.0 Å². The summed E-state index contributed by atoms with van der Waals surface area (Å²) in [6.45, 7) is 4.70. The average molecular weight is 425 g/mol. The van der Waals surface area contributed by atoms with Crippen LogP contribution < -0.4 is 9.80 Å². The first-order chi connectivity index (χ1) is 15.6. The summed E-state index contributed by atoms with van der Waals surface area (Å²) in [7, 11) is 0. The van der Waals surface area contributed by atoms with Crippen molar-refractivity contribution in [3.05, 3.63) is 95.8 Å². The number of carbonyl (C=O) groups is 2. The summed E-state index contributed by atoms with van der Waals surface area (Å²) >= 11 is 0. The molecule has 0 atom stereocenters. The van der Waals surface area contributed by atoms with Gasteiger partial charge in [0.2, 0.25) is 0 Å². The highest BCUT2D eigenvalue weighted by Crippen LogP contribution is 2.35. The molecule has 0 aliphatic carbocycles. The Balaban J connectivity index is 1.50. The van der Waals surface area contributed by atoms with E-state index in [0.29, 0.717) is 30.0 Å². The van der Waals surface area contributed by atoms with Gasteiger partial charge < -0.3 is 9.80 Å². The van der Waals surface area contributed by atoms with Crippen molar-refractivity contribution in [3.63, 3.8) is 0 Å². The SMILES string of the molecule is Cc1cccc(N2C(=O)C(c3ccccc3)=C(N3CCN(c4ccccn4)CC3)C2=O)c1. The van der Waals surface area contributed by atoms with E-state index in [1.165, 1.54) is 4.90 Å². The number of benzene rings is 2. The van der Waals surface area contributed by atoms with Crippen molar-refractivity contribution in [3.8, 4) is 0 Å². The highest BCUT2D eigenvalue weighted by molar-refractivity contribution is 6.45. The molecule has 2 aliphatic rings. The van der Waals surface area contributed by atoms with Gasteiger partial charge in [0.15, 0.2) is 0 Å². The van der Waals surface area contributed by atoms with Crippen molar-refractivity contribution in [2.24, 2.45) is 0 Å². The summed E-state index contributed by atoms with van der Waals surface area (Å²) in [5.74, 6) is 0.402. The third kappa shape index (κ3) is 3.54. The molecule has 0 saturated carbocycles. The number of aryl methyl sites for hydroxylation is 1. The largest absolute Gasteiger partial charge is 0.363 e. The lowest BCUT2D eigenvalue weighted by Crippen LogP contribution is -2.48. The van der Waals surface area contributed by atoms with Gasteiger partial charge >= 0.3 is 0 Å². The first-order valence-corrected chi connectivity index (χ1v) is 10.8. The molecule has 3 aromatic rings. The number of hydrogen-bond donors (Lipinski definition) is 0. The fourth-order valence-corrected chi connectivity index (χ4v) is 4.38. The van der Waals surface area contributed by atoms with Crippen LogP contribution in [0.1, 0.15) is 11.1 Å². The third-order valence-corrected chi connectivity index (χ3v) is 5.95. The Bertz CT molecular complexity index is 1180. The molecule has 3 heterocycles. The summed E-state index contributed by atoms with van der Waals surface area (Å²) < 4.78 is 0. The molecule has 6 heteroatoms. The Morgan fingerprint density at radius 2 is 1.47 bits per heavy atom. The Hall–Kier alpha value is -3.93. The van der Waals surface area contributed by atoms with E-state index in [-0.39, 0.29) is 11.8 Å². The van der Waals surface area contributed by atoms with E-state index in [9.17, 15) is 9.59 Å². The Morgan fingerprint density at radius 3 is 2.16 bits per heavy atom. The van der Waals surface area contributed by atoms with E-state index in [1.54, 1.807) is 6.20 Å². The zero-order chi connectivity index (χ0) is 22.1. The van der Waals surface area contributed by atoms with Gasteiger partial charge in [-0.1, -0.05) is 48.5 Å². The first-order valence-electron chi connectivity index (χ1n) is 10.8. The molecule has 0 spiro atoms. The molecule has 0 radical (unpaired) electrons. The van der Waals surface area contributed by atoms with Crippen LogP contribution in [0, 0.1) is 6.92 Å². The Labute approximate surface area is 187 Å². The second-order valence-corrected chi connectivity index (χ2v) is 8.04. The van der Waals surface area contributed by atoms with Crippen molar-refractivity contribution in [2.75, 3.05) is 36.0 Å². The first kappa shape index (κ1) is 20.0. The molecule has 1 fully saturated rings. The van der Waals surface area contributed by atoms with Gasteiger partial charge in [-0.15, -0.1) is 0 Å². The summed E-state index contributed by atoms with van der Waals surface area (Å²) in [6, 6.07) is 22.9. The number of carbonyl (C=O) groups excluding carboxylic acids is 2. The molecule has 6 nitrogen and oxygen atoms in total. The summed E-state index contributed by atoms with van der Waals surface area (Å²) in [6.07, 6.45) is 1.79. The van der Waals surface area contributed by atoms with E-state index < -0.39 is 0 Å². The predicted molar refractivity (Wildman–Crippen MR) is 125 cm³/mol. The average Bonchev–Trinajstić information content (AvgIpc) is 3.10. The number of rotatable bonds is 4. The standard InChI is InChI=1S/C26H24N4O2/c1-19-8-7-11-21(18-19)30-25(31)23(20-9-3-2-4-10-20)24(26(30)32)29-16-14-28(15-17-29)22-12-5-6-13-27-22/h2-13,18H,14-17H2,1H3. The van der Waals surface area contributed by atoms with E-state index in [4.69, 9.17) is 0 Å². The second-order valence-electron chi connectivity index (χ2n) is 8.04. The van der Waals surface area contributed by atoms with Gasteiger partial charge in [0.05, 0.1) is 11.3 Å². The minimum absolute atomic E-state index is 0.259. The van der Waals surface area contributed by atoms with Crippen molar-refractivity contribution >= 4 is 28.9 Å². The number of aromatic nitrogens is 1. The number of pyridine rings is 1. The molecule has 160 valence electrons. The fraction of sp³-hybridized carbons (Fsp3) is 0.192. The molecule has 32 heavy (non-hydrogen) atoms. The second kappa shape index (κ2) is 8.30. The molecule has 0 unspecified atom stereocenters. The van der Waals surface area contributed by atoms with Crippen LogP contribution in [0.2, 0.25) is 0 Å². The van der Waals surface area contributed by atoms with Crippen LogP contribution in [0.25, 0.3) is 5.57 Å². The number of anilines is 2. The Kier molecular flexibility index (Phi) is 5.19. The van der Waals surface area contributed by atoms with E-state index >= 15 is 0 Å². The maximum absolute atomic E-state index is 13.6. The van der Waals surface area contributed by atoms with Crippen LogP contribution in [-0.4, -0.2) is 47.9 Å². The number of imide groups is 1. The van der Waals surface area contributed by atoms with Gasteiger partial charge in [0, 0.05) is 32.4 Å². The zero-order valence-corrected chi connectivity index (χ0v) is 17.9. The zero-order valence-electron chi connectivity index (χ0n) is 17.9. The molecule has 0 bridgehead atoms. The highest BCUT2D eigenvalue weighted by atomic mass is 16.2. The number of amides is 2. The van der Waals surface area contributed by atoms with Gasteiger partial charge in [-0.3, -0.25) is 9.59 Å². The van der Waals surface area contributed by atoms with Crippen LogP contribution in [0.15, 0.2) is 84.7 Å². The maximum Gasteiger partial charge on any atom is 0.282 e. The van der Waals surface area contributed by atoms with Gasteiger partial charge in [0.1, 0.15) is 11.5 Å². The normalized spacial score (nSPS) is 16.8. The molecule has 5 rings (SSSR count). The van der Waals surface area contributed by atoms with Gasteiger partial charge in [-0.2, -0.15) is 0 Å². The topological polar surface area (TPSA) is 56.8 Å². The van der Waals surface area contributed by atoms with Crippen molar-refractivity contribution in [2.45, 2.75) is 6.92 Å². The molecule has 2 aliphatic heterocycles. The van der Waals surface area contributed by atoms with Gasteiger partial charge in [-0.25, -0.2) is 9.88 Å². The lowest BCUT2D eigenvalue weighted by Gasteiger charge is -2.37. The van der Waals surface area contributed by atoms with Crippen LogP contribution in [0.5, 0.6) is 0 Å². The van der Waals surface area contributed by atoms with Crippen LogP contribution >= 0.6 is 0 Å².